The first-order chi connectivity index (χ1) is 22.6. The minimum atomic E-state index is -5.27. The van der Waals surface area contributed by atoms with Crippen LogP contribution >= 0.6 is 11.3 Å². The van der Waals surface area contributed by atoms with Gasteiger partial charge in [0.25, 0.3) is 17.9 Å². The number of hydrogen-bond acceptors (Lipinski definition) is 16. The molecule has 0 radical (unpaired) electrons. The Kier molecular flexibility index (Phi) is 11.1. The lowest BCUT2D eigenvalue weighted by Gasteiger charge is -2.51. The number of rotatable bonds is 16. The molecule has 1 fully saturated rings. The number of anilines is 2. The number of β-lactam (4-membered cyclic amide) rings is 1. The standard InChI is InChI=1S/C27H33N9O10S2/c1-27(2)22(24(38)36(27)46-48(41,42)43)32-23(37)21(17-14-47-26(29)31-17)34-45-19(25(39)40)13-44-16-7-5-15(6-8-16)18-9-10-20(33-35(18)3)30-12-4-11-28/h5-10,14,19,22H,4,11-13,28H2,1-3H3,(H5-,29,30,31,32,33,37,39,40,41,42,43)/b34-21-/t19-,22?/m0/s1. The van der Waals surface area contributed by atoms with Gasteiger partial charge in [0.15, 0.2) is 23.7 Å². The third-order valence-corrected chi connectivity index (χ3v) is 7.89. The quantitative estimate of drug-likeness (QED) is 0.0230. The number of nitrogens with zero attached hydrogens (tertiary/aromatic N) is 5. The fraction of sp³-hybridized carbons (Fsp3) is 0.370. The highest BCUT2D eigenvalue weighted by Crippen LogP contribution is 2.33. The van der Waals surface area contributed by atoms with Gasteiger partial charge in [0.1, 0.15) is 24.1 Å². The summed E-state index contributed by atoms with van der Waals surface area (Å²) in [6.45, 7) is 3.41. The number of oxime groups is 1. The van der Waals surface area contributed by atoms with Crippen molar-refractivity contribution < 1.29 is 51.0 Å². The number of nitrogen functional groups attached to an aromatic ring is 1. The maximum atomic E-state index is 13.2. The molecule has 1 aliphatic heterocycles. The second kappa shape index (κ2) is 14.9. The number of carbonyl (C=O) groups excluding carboxylic acids is 2. The molecule has 1 aromatic carbocycles. The van der Waals surface area contributed by atoms with E-state index in [0.717, 1.165) is 29.0 Å². The maximum absolute atomic E-state index is 13.2. The smallest absolute Gasteiger partial charge is 0.351 e. The van der Waals surface area contributed by atoms with Gasteiger partial charge in [-0.25, -0.2) is 18.2 Å². The Morgan fingerprint density at radius 2 is 1.96 bits per heavy atom. The highest BCUT2D eigenvalue weighted by molar-refractivity contribution is 7.80. The van der Waals surface area contributed by atoms with Crippen LogP contribution in [0.2, 0.25) is 0 Å². The molecule has 21 heteroatoms. The molecular weight excluding hydrogens is 674 g/mol. The second-order valence-corrected chi connectivity index (χ2v) is 12.6. The summed E-state index contributed by atoms with van der Waals surface area (Å²) in [6.07, 6.45) is -0.886. The van der Waals surface area contributed by atoms with E-state index < -0.39 is 58.2 Å². The Morgan fingerprint density at radius 1 is 1.25 bits per heavy atom. The van der Waals surface area contributed by atoms with E-state index in [4.69, 9.17) is 21.0 Å². The number of thiazole rings is 1. The van der Waals surface area contributed by atoms with E-state index in [-0.39, 0.29) is 10.8 Å². The van der Waals surface area contributed by atoms with Gasteiger partial charge < -0.3 is 41.3 Å². The molecule has 1 aliphatic rings. The van der Waals surface area contributed by atoms with E-state index in [1.807, 2.05) is 12.1 Å². The summed E-state index contributed by atoms with van der Waals surface area (Å²) in [5, 5.41) is 25.2. The van der Waals surface area contributed by atoms with E-state index in [1.165, 1.54) is 19.2 Å². The van der Waals surface area contributed by atoms with Gasteiger partial charge in [0.2, 0.25) is 16.1 Å². The lowest BCUT2D eigenvalue weighted by molar-refractivity contribution is -0.719. The number of nitrogens with one attached hydrogen (secondary N) is 2. The molecule has 1 unspecified atom stereocenters. The highest BCUT2D eigenvalue weighted by Gasteiger charge is 2.57. The van der Waals surface area contributed by atoms with Crippen LogP contribution in [-0.4, -0.2) is 94.1 Å². The molecule has 3 heterocycles. The number of hydrogen-bond donors (Lipinski definition) is 5. The average molecular weight is 708 g/mol. The molecule has 2 atom stereocenters. The van der Waals surface area contributed by atoms with Crippen molar-refractivity contribution in [3.63, 3.8) is 0 Å². The van der Waals surface area contributed by atoms with Gasteiger partial charge in [-0.2, -0.15) is 9.35 Å². The van der Waals surface area contributed by atoms with Crippen LogP contribution in [0.3, 0.4) is 0 Å². The second-order valence-electron chi connectivity index (χ2n) is 10.8. The predicted octanol–water partition coefficient (Wildman–Crippen LogP) is -0.877. The first-order valence-corrected chi connectivity index (χ1v) is 16.3. The predicted molar refractivity (Wildman–Crippen MR) is 168 cm³/mol. The van der Waals surface area contributed by atoms with Gasteiger partial charge in [-0.15, -0.1) is 11.3 Å². The van der Waals surface area contributed by atoms with Crippen molar-refractivity contribution >= 4 is 56.2 Å². The third-order valence-electron chi connectivity index (χ3n) is 6.89. The molecule has 3 aromatic rings. The monoisotopic (exact) mass is 707 g/mol. The van der Waals surface area contributed by atoms with Crippen LogP contribution in [-0.2, 0) is 41.0 Å². The van der Waals surface area contributed by atoms with Gasteiger partial charge in [0.05, 0.1) is 5.54 Å². The zero-order valence-corrected chi connectivity index (χ0v) is 27.5. The summed E-state index contributed by atoms with van der Waals surface area (Å²) in [6, 6.07) is 9.17. The van der Waals surface area contributed by atoms with Crippen molar-refractivity contribution in [1.29, 1.82) is 0 Å². The Hall–Kier alpha value is -4.96. The molecule has 0 aliphatic carbocycles. The van der Waals surface area contributed by atoms with Crippen LogP contribution in [0.1, 0.15) is 26.0 Å². The highest BCUT2D eigenvalue weighted by atomic mass is 32.3. The van der Waals surface area contributed by atoms with E-state index in [0.29, 0.717) is 29.7 Å². The average Bonchev–Trinajstić information content (AvgIpc) is 3.45. The third kappa shape index (κ3) is 8.68. The Bertz CT molecular complexity index is 1800. The zero-order chi connectivity index (χ0) is 35.2. The Balaban J connectivity index is 1.43. The number of carboxylic acids is 1. The molecule has 0 spiro atoms. The van der Waals surface area contributed by atoms with Crippen molar-refractivity contribution in [1.82, 2.24) is 20.5 Å². The molecule has 48 heavy (non-hydrogen) atoms. The molecule has 0 bridgehead atoms. The largest absolute Gasteiger partial charge is 0.724 e. The topological polar surface area (TPSA) is 278 Å². The summed E-state index contributed by atoms with van der Waals surface area (Å²) >= 11 is 0.949. The molecule has 2 amide bonds. The number of amides is 2. The maximum Gasteiger partial charge on any atom is 0.351 e. The fourth-order valence-electron chi connectivity index (χ4n) is 4.38. The van der Waals surface area contributed by atoms with Gasteiger partial charge in [0, 0.05) is 28.7 Å². The molecule has 258 valence electrons. The van der Waals surface area contributed by atoms with Gasteiger partial charge in [-0.05, 0) is 57.1 Å². The van der Waals surface area contributed by atoms with Crippen LogP contribution in [0.5, 0.6) is 5.75 Å². The number of carbonyl (C=O) groups is 3. The Labute approximate surface area is 278 Å². The van der Waals surface area contributed by atoms with Gasteiger partial charge in [-0.1, -0.05) is 9.84 Å². The normalized spacial score (nSPS) is 16.5. The number of ether oxygens (including phenoxy) is 1. The summed E-state index contributed by atoms with van der Waals surface area (Å²) in [4.78, 5) is 46.8. The van der Waals surface area contributed by atoms with Crippen LogP contribution < -0.4 is 31.5 Å². The number of benzene rings is 1. The van der Waals surface area contributed by atoms with Crippen molar-refractivity contribution in [3.05, 3.63) is 47.5 Å². The summed E-state index contributed by atoms with van der Waals surface area (Å²) in [5.41, 5.74) is 10.7. The number of aromatic nitrogens is 3. The molecule has 1 saturated heterocycles. The number of aliphatic carboxylic acids is 1. The molecule has 0 saturated carbocycles. The number of nitrogens with two attached hydrogens (primary N) is 2. The minimum Gasteiger partial charge on any atom is -0.724 e. The molecular formula is C27H33N9O10S2. The van der Waals surface area contributed by atoms with Crippen LogP contribution in [0, 0.1) is 0 Å². The number of hydroxylamine groups is 2. The van der Waals surface area contributed by atoms with Crippen molar-refractivity contribution in [2.24, 2.45) is 17.9 Å². The molecule has 7 N–H and O–H groups in total. The molecule has 2 aromatic heterocycles. The first-order valence-electron chi connectivity index (χ1n) is 14.1. The number of carboxylic acid groups (broad SMARTS) is 1. The Morgan fingerprint density at radius 3 is 2.52 bits per heavy atom. The van der Waals surface area contributed by atoms with E-state index in [1.54, 1.807) is 36.0 Å². The van der Waals surface area contributed by atoms with Crippen molar-refractivity contribution in [3.8, 4) is 17.0 Å². The SMILES string of the molecule is C[n+]1nc(NCCCN)ccc1-c1ccc(OC[C@H](O/N=C(\C(=O)NC2C(=O)N(OS(=O)(=O)[O-])C2(C)C)c2csc(N)n2)C(=O)O)cc1. The van der Waals surface area contributed by atoms with E-state index in [9.17, 15) is 32.5 Å². The lowest BCUT2D eigenvalue weighted by Crippen LogP contribution is -2.76. The van der Waals surface area contributed by atoms with Crippen molar-refractivity contribution in [2.75, 3.05) is 30.7 Å². The molecule has 19 nitrogen and oxygen atoms in total. The summed E-state index contributed by atoms with van der Waals surface area (Å²) < 4.78 is 44.5. The summed E-state index contributed by atoms with van der Waals surface area (Å²) in [5.74, 6) is -2.53. The van der Waals surface area contributed by atoms with Gasteiger partial charge >= 0.3 is 5.97 Å². The van der Waals surface area contributed by atoms with Gasteiger partial charge in [-0.3, -0.25) is 9.59 Å². The number of aryl methyl sites for hydroxylation is 1. The van der Waals surface area contributed by atoms with Crippen LogP contribution in [0.4, 0.5) is 10.9 Å². The van der Waals surface area contributed by atoms with E-state index in [2.05, 4.69) is 30.2 Å². The van der Waals surface area contributed by atoms with Crippen LogP contribution in [0.15, 0.2) is 46.9 Å². The minimum absolute atomic E-state index is 0.0480. The van der Waals surface area contributed by atoms with Crippen LogP contribution in [0.25, 0.3) is 11.3 Å². The summed E-state index contributed by atoms with van der Waals surface area (Å²) in [7, 11) is -3.47. The zero-order valence-electron chi connectivity index (χ0n) is 25.9. The van der Waals surface area contributed by atoms with E-state index >= 15 is 0 Å². The lowest BCUT2D eigenvalue weighted by atomic mass is 9.84. The fourth-order valence-corrected chi connectivity index (χ4v) is 5.38. The first kappa shape index (κ1) is 35.9. The molecule has 4 rings (SSSR count). The van der Waals surface area contributed by atoms with Crippen molar-refractivity contribution in [2.45, 2.75) is 38.0 Å².